The quantitative estimate of drug-likeness (QED) is 0.428. The van der Waals surface area contributed by atoms with Crippen molar-refractivity contribution in [2.24, 2.45) is 0 Å². The average molecular weight is 394 g/mol. The van der Waals surface area contributed by atoms with Gasteiger partial charge in [0.05, 0.1) is 16.0 Å². The molecule has 8 nitrogen and oxygen atoms in total. The molecule has 0 aliphatic heterocycles. The van der Waals surface area contributed by atoms with Crippen molar-refractivity contribution in [1.82, 2.24) is 20.2 Å². The molecule has 0 spiro atoms. The predicted octanol–water partition coefficient (Wildman–Crippen LogP) is 3.96. The van der Waals surface area contributed by atoms with Gasteiger partial charge in [-0.25, -0.2) is 14.8 Å². The monoisotopic (exact) mass is 393 g/mol. The van der Waals surface area contributed by atoms with Gasteiger partial charge in [-0.1, -0.05) is 11.6 Å². The SMILES string of the molecule is O=C(O)C(=O)c1ccc(-c2ncc(Cl)c(Nc3cc(C4CC4)[nH]n3)n2)s1.[HH].[HH]. The Balaban J connectivity index is 0.00000140. The number of ketones is 1. The summed E-state index contributed by atoms with van der Waals surface area (Å²) in [7, 11) is 0. The molecule has 0 bridgehead atoms. The second-order valence-electron chi connectivity index (χ2n) is 5.80. The van der Waals surface area contributed by atoms with E-state index in [9.17, 15) is 9.59 Å². The van der Waals surface area contributed by atoms with E-state index in [0.29, 0.717) is 33.3 Å². The molecule has 0 unspecified atom stereocenters. The number of hydrogen-bond acceptors (Lipinski definition) is 7. The molecule has 0 radical (unpaired) electrons. The number of thiophene rings is 1. The summed E-state index contributed by atoms with van der Waals surface area (Å²) in [6, 6.07) is 4.97. The van der Waals surface area contributed by atoms with Gasteiger partial charge < -0.3 is 10.4 Å². The maximum Gasteiger partial charge on any atom is 0.378 e. The Hall–Kier alpha value is -2.78. The first-order valence-electron chi connectivity index (χ1n) is 7.74. The number of nitrogens with one attached hydrogen (secondary N) is 2. The molecule has 3 aromatic rings. The van der Waals surface area contributed by atoms with E-state index in [-0.39, 0.29) is 7.73 Å². The minimum atomic E-state index is -1.50. The number of anilines is 2. The van der Waals surface area contributed by atoms with Gasteiger partial charge in [0.25, 0.3) is 5.78 Å². The number of H-pyrrole nitrogens is 1. The van der Waals surface area contributed by atoms with Crippen LogP contribution in [0.25, 0.3) is 10.7 Å². The Kier molecular flexibility index (Phi) is 4.17. The van der Waals surface area contributed by atoms with Crippen LogP contribution in [0.15, 0.2) is 24.4 Å². The highest BCUT2D eigenvalue weighted by molar-refractivity contribution is 7.18. The van der Waals surface area contributed by atoms with Gasteiger partial charge in [0.2, 0.25) is 0 Å². The molecule has 1 aliphatic carbocycles. The first-order chi connectivity index (χ1) is 12.5. The lowest BCUT2D eigenvalue weighted by atomic mass is 10.3. The molecule has 3 aromatic heterocycles. The third-order valence-electron chi connectivity index (χ3n) is 3.85. The standard InChI is InChI=1S/C16H12ClN5O3S.2H2/c17-8-6-18-15(11-4-3-10(26-11)13(23)16(24)25)20-14(8)19-12-5-9(21-22-12)7-1-2-7;;/h3-7H,1-2H2,(H,24,25)(H2,18,19,20,21,22);2*1H. The van der Waals surface area contributed by atoms with Crippen LogP contribution in [-0.4, -0.2) is 37.0 Å². The van der Waals surface area contributed by atoms with Crippen molar-refractivity contribution >= 4 is 46.3 Å². The van der Waals surface area contributed by atoms with Gasteiger partial charge in [0.15, 0.2) is 17.5 Å². The van der Waals surface area contributed by atoms with Gasteiger partial charge in [-0.15, -0.1) is 11.3 Å². The molecule has 0 aromatic carbocycles. The Labute approximate surface area is 159 Å². The third-order valence-corrected chi connectivity index (χ3v) is 5.21. The first kappa shape index (κ1) is 16.7. The van der Waals surface area contributed by atoms with Crippen LogP contribution in [0.1, 0.15) is 37.0 Å². The second kappa shape index (κ2) is 6.50. The molecule has 1 aliphatic rings. The molecule has 3 N–H and O–H groups in total. The van der Waals surface area contributed by atoms with E-state index >= 15 is 0 Å². The Morgan fingerprint density at radius 2 is 2.19 bits per heavy atom. The zero-order chi connectivity index (χ0) is 18.3. The van der Waals surface area contributed by atoms with Gasteiger partial charge in [-0.2, -0.15) is 5.10 Å². The number of hydrogen-bond donors (Lipinski definition) is 3. The molecule has 136 valence electrons. The molecule has 1 saturated carbocycles. The van der Waals surface area contributed by atoms with Crippen LogP contribution in [0.3, 0.4) is 0 Å². The third kappa shape index (κ3) is 3.31. The first-order valence-corrected chi connectivity index (χ1v) is 8.93. The van der Waals surface area contributed by atoms with E-state index in [1.165, 1.54) is 12.3 Å². The highest BCUT2D eigenvalue weighted by Gasteiger charge is 2.25. The summed E-state index contributed by atoms with van der Waals surface area (Å²) < 4.78 is 0. The highest BCUT2D eigenvalue weighted by atomic mass is 35.5. The molecule has 0 amide bonds. The van der Waals surface area contributed by atoms with E-state index in [2.05, 4.69) is 25.5 Å². The molecule has 10 heteroatoms. The van der Waals surface area contributed by atoms with Crippen molar-refractivity contribution < 1.29 is 17.5 Å². The maximum atomic E-state index is 11.5. The lowest BCUT2D eigenvalue weighted by Crippen LogP contribution is -2.10. The van der Waals surface area contributed by atoms with Gasteiger partial charge in [-0.3, -0.25) is 9.89 Å². The fraction of sp³-hybridized carbons (Fsp3) is 0.188. The summed E-state index contributed by atoms with van der Waals surface area (Å²) in [6.07, 6.45) is 3.77. The maximum absolute atomic E-state index is 11.5. The number of nitrogens with zero attached hydrogens (tertiary/aromatic N) is 3. The number of carbonyl (C=O) groups excluding carboxylic acids is 1. The topological polar surface area (TPSA) is 121 Å². The summed E-state index contributed by atoms with van der Waals surface area (Å²) in [6.45, 7) is 0. The highest BCUT2D eigenvalue weighted by Crippen LogP contribution is 2.40. The molecule has 26 heavy (non-hydrogen) atoms. The van der Waals surface area contributed by atoms with Crippen molar-refractivity contribution in [2.75, 3.05) is 5.32 Å². The van der Waals surface area contributed by atoms with Gasteiger partial charge in [0, 0.05) is 20.5 Å². The zero-order valence-electron chi connectivity index (χ0n) is 13.2. The van der Waals surface area contributed by atoms with Gasteiger partial charge >= 0.3 is 5.97 Å². The number of aromatic amines is 1. The predicted molar refractivity (Wildman–Crippen MR) is 100 cm³/mol. The van der Waals surface area contributed by atoms with Crippen LogP contribution in [-0.2, 0) is 4.79 Å². The van der Waals surface area contributed by atoms with Crippen molar-refractivity contribution in [3.8, 4) is 10.7 Å². The van der Waals surface area contributed by atoms with E-state index in [0.717, 1.165) is 29.9 Å². The van der Waals surface area contributed by atoms with Crippen LogP contribution in [0.5, 0.6) is 0 Å². The number of carboxylic acids is 1. The minimum Gasteiger partial charge on any atom is -0.475 e. The Morgan fingerprint density at radius 1 is 1.38 bits per heavy atom. The summed E-state index contributed by atoms with van der Waals surface area (Å²) in [5.41, 5.74) is 1.08. The van der Waals surface area contributed by atoms with E-state index in [1.54, 1.807) is 6.07 Å². The van der Waals surface area contributed by atoms with Crippen molar-refractivity contribution in [3.05, 3.63) is 40.0 Å². The van der Waals surface area contributed by atoms with Crippen molar-refractivity contribution in [2.45, 2.75) is 18.8 Å². The average Bonchev–Trinajstić information content (AvgIpc) is 3.17. The summed E-state index contributed by atoms with van der Waals surface area (Å²) in [5.74, 6) is -0.591. The fourth-order valence-corrected chi connectivity index (χ4v) is 3.40. The molecule has 0 saturated heterocycles. The van der Waals surface area contributed by atoms with Gasteiger partial charge in [-0.05, 0) is 25.0 Å². The number of rotatable bonds is 6. The van der Waals surface area contributed by atoms with Crippen LogP contribution < -0.4 is 5.32 Å². The van der Waals surface area contributed by atoms with Crippen molar-refractivity contribution in [1.29, 1.82) is 0 Å². The van der Waals surface area contributed by atoms with Crippen LogP contribution in [0.2, 0.25) is 5.02 Å². The van der Waals surface area contributed by atoms with Crippen LogP contribution in [0.4, 0.5) is 11.6 Å². The number of carbonyl (C=O) groups is 2. The number of aromatic nitrogens is 4. The number of carboxylic acid groups (broad SMARTS) is 1. The molecular formula is C16H16ClN5O3S. The normalized spacial score (nSPS) is 13.6. The molecule has 1 fully saturated rings. The minimum absolute atomic E-state index is 0. The smallest absolute Gasteiger partial charge is 0.378 e. The number of Topliss-reactive ketones (excluding diaryl/α,β-unsaturated/α-hetero) is 1. The number of aliphatic carboxylic acids is 1. The lowest BCUT2D eigenvalue weighted by molar-refractivity contribution is -0.131. The van der Waals surface area contributed by atoms with E-state index < -0.39 is 11.8 Å². The molecular weight excluding hydrogens is 378 g/mol. The molecule has 3 heterocycles. The van der Waals surface area contributed by atoms with Crippen molar-refractivity contribution in [3.63, 3.8) is 0 Å². The van der Waals surface area contributed by atoms with E-state index in [4.69, 9.17) is 16.7 Å². The summed E-state index contributed by atoms with van der Waals surface area (Å²) in [4.78, 5) is 31.5. The summed E-state index contributed by atoms with van der Waals surface area (Å²) >= 11 is 7.17. The van der Waals surface area contributed by atoms with Gasteiger partial charge in [0.1, 0.15) is 5.02 Å². The Bertz CT molecular complexity index is 1020. The Morgan fingerprint density at radius 3 is 2.92 bits per heavy atom. The number of halogens is 1. The lowest BCUT2D eigenvalue weighted by Gasteiger charge is -2.05. The summed E-state index contributed by atoms with van der Waals surface area (Å²) in [5, 5.41) is 19.4. The van der Waals surface area contributed by atoms with Crippen LogP contribution >= 0.6 is 22.9 Å². The van der Waals surface area contributed by atoms with E-state index in [1.807, 2.05) is 6.07 Å². The molecule has 4 rings (SSSR count). The second-order valence-corrected chi connectivity index (χ2v) is 7.29. The zero-order valence-corrected chi connectivity index (χ0v) is 14.8. The fourth-order valence-electron chi connectivity index (χ4n) is 2.38. The largest absolute Gasteiger partial charge is 0.475 e. The molecule has 0 atom stereocenters. The van der Waals surface area contributed by atoms with Crippen LogP contribution in [0, 0.1) is 0 Å².